The van der Waals surface area contributed by atoms with Crippen molar-refractivity contribution in [1.82, 2.24) is 13.9 Å². The van der Waals surface area contributed by atoms with E-state index in [0.29, 0.717) is 29.2 Å². The van der Waals surface area contributed by atoms with Crippen molar-refractivity contribution in [2.75, 3.05) is 18.4 Å². The first kappa shape index (κ1) is 18.0. The summed E-state index contributed by atoms with van der Waals surface area (Å²) in [5.74, 6) is -0.350. The number of anilines is 1. The molecule has 0 unspecified atom stereocenters. The number of sulfonamides is 1. The second-order valence-electron chi connectivity index (χ2n) is 6.03. The van der Waals surface area contributed by atoms with E-state index in [1.807, 2.05) is 0 Å². The van der Waals surface area contributed by atoms with Crippen molar-refractivity contribution in [2.45, 2.75) is 37.5 Å². The van der Waals surface area contributed by atoms with Crippen LogP contribution in [0, 0.1) is 6.92 Å². The molecule has 0 saturated carbocycles. The van der Waals surface area contributed by atoms with Crippen LogP contribution in [-0.2, 0) is 10.0 Å². The lowest BCUT2D eigenvalue weighted by Gasteiger charge is -2.21. The number of rotatable bonds is 4. The van der Waals surface area contributed by atoms with Crippen molar-refractivity contribution >= 4 is 33.2 Å². The number of aromatic nitrogens is 2. The predicted octanol–water partition coefficient (Wildman–Crippen LogP) is 2.66. The fourth-order valence-corrected chi connectivity index (χ4v) is 5.02. The fourth-order valence-electron chi connectivity index (χ4n) is 2.84. The fraction of sp³-hybridized carbons (Fsp3) is 0.438. The van der Waals surface area contributed by atoms with Gasteiger partial charge >= 0.3 is 0 Å². The minimum Gasteiger partial charge on any atom is -0.321 e. The van der Waals surface area contributed by atoms with Crippen LogP contribution in [0.1, 0.15) is 40.9 Å². The minimum absolute atomic E-state index is 0.245. The predicted molar refractivity (Wildman–Crippen MR) is 96.3 cm³/mol. The average molecular weight is 380 g/mol. The molecule has 0 radical (unpaired) electrons. The Hall–Kier alpha value is -1.84. The van der Waals surface area contributed by atoms with Crippen molar-refractivity contribution in [3.05, 3.63) is 34.8 Å². The molecule has 2 aromatic rings. The van der Waals surface area contributed by atoms with Gasteiger partial charge in [-0.25, -0.2) is 8.42 Å². The maximum Gasteiger partial charge on any atom is 0.269 e. The Morgan fingerprint density at radius 1 is 1.20 bits per heavy atom. The summed E-state index contributed by atoms with van der Waals surface area (Å²) in [6, 6.07) is 4.94. The first-order valence-electron chi connectivity index (χ1n) is 8.18. The van der Waals surface area contributed by atoms with E-state index < -0.39 is 10.0 Å². The molecule has 134 valence electrons. The molecule has 7 nitrogen and oxygen atoms in total. The summed E-state index contributed by atoms with van der Waals surface area (Å²) < 4.78 is 31.3. The summed E-state index contributed by atoms with van der Waals surface area (Å²) in [7, 11) is -3.57. The molecular weight excluding hydrogens is 360 g/mol. The summed E-state index contributed by atoms with van der Waals surface area (Å²) in [5.41, 5.74) is 1.11. The zero-order valence-electron chi connectivity index (χ0n) is 13.9. The van der Waals surface area contributed by atoms with E-state index >= 15 is 0 Å². The Morgan fingerprint density at radius 2 is 1.92 bits per heavy atom. The lowest BCUT2D eigenvalue weighted by molar-refractivity contribution is 0.103. The molecule has 0 atom stereocenters. The molecule has 1 saturated heterocycles. The van der Waals surface area contributed by atoms with Gasteiger partial charge in [-0.1, -0.05) is 23.4 Å². The van der Waals surface area contributed by atoms with Crippen LogP contribution in [-0.4, -0.2) is 41.3 Å². The maximum atomic E-state index is 13.0. The number of benzene rings is 1. The van der Waals surface area contributed by atoms with Crippen LogP contribution in [0.3, 0.4) is 0 Å². The van der Waals surface area contributed by atoms with Crippen LogP contribution in [0.5, 0.6) is 0 Å². The molecule has 2 heterocycles. The lowest BCUT2D eigenvalue weighted by Crippen LogP contribution is -2.32. The van der Waals surface area contributed by atoms with Crippen LogP contribution >= 0.6 is 11.5 Å². The summed E-state index contributed by atoms with van der Waals surface area (Å²) in [6.45, 7) is 2.86. The monoisotopic (exact) mass is 380 g/mol. The molecule has 1 aliphatic rings. The first-order valence-corrected chi connectivity index (χ1v) is 10.4. The van der Waals surface area contributed by atoms with Crippen molar-refractivity contribution in [3.8, 4) is 0 Å². The van der Waals surface area contributed by atoms with Crippen molar-refractivity contribution in [2.24, 2.45) is 0 Å². The molecule has 9 heteroatoms. The molecule has 25 heavy (non-hydrogen) atoms. The number of carbonyl (C=O) groups is 1. The Balaban J connectivity index is 1.87. The Kier molecular flexibility index (Phi) is 5.45. The molecular formula is C16H20N4O3S2. The van der Waals surface area contributed by atoms with E-state index in [9.17, 15) is 13.2 Å². The quantitative estimate of drug-likeness (QED) is 0.880. The highest BCUT2D eigenvalue weighted by molar-refractivity contribution is 7.89. The first-order chi connectivity index (χ1) is 12.0. The van der Waals surface area contributed by atoms with Crippen molar-refractivity contribution in [1.29, 1.82) is 0 Å². The van der Waals surface area contributed by atoms with Crippen molar-refractivity contribution < 1.29 is 13.2 Å². The molecule has 1 amide bonds. The summed E-state index contributed by atoms with van der Waals surface area (Å²) in [5, 5.41) is 6.34. The Morgan fingerprint density at radius 3 is 2.56 bits per heavy atom. The zero-order valence-corrected chi connectivity index (χ0v) is 15.6. The van der Waals surface area contributed by atoms with E-state index in [0.717, 1.165) is 37.2 Å². The van der Waals surface area contributed by atoms with Crippen LogP contribution in [0.4, 0.5) is 5.69 Å². The summed E-state index contributed by atoms with van der Waals surface area (Å²) >= 11 is 0.989. The van der Waals surface area contributed by atoms with Gasteiger partial charge in [0.1, 0.15) is 4.88 Å². The number of hydrogen-bond acceptors (Lipinski definition) is 6. The van der Waals surface area contributed by atoms with Gasteiger partial charge in [-0.3, -0.25) is 4.79 Å². The highest BCUT2D eigenvalue weighted by atomic mass is 32.2. The van der Waals surface area contributed by atoms with Gasteiger partial charge in [0, 0.05) is 18.8 Å². The van der Waals surface area contributed by atoms with Crippen molar-refractivity contribution in [3.63, 3.8) is 0 Å². The molecule has 1 aromatic heterocycles. The van der Waals surface area contributed by atoms with Gasteiger partial charge in [0.2, 0.25) is 10.0 Å². The van der Waals surface area contributed by atoms with E-state index in [4.69, 9.17) is 0 Å². The third-order valence-corrected chi connectivity index (χ3v) is 6.92. The second kappa shape index (κ2) is 7.59. The van der Waals surface area contributed by atoms with Gasteiger partial charge in [0.15, 0.2) is 0 Å². The Labute approximate surface area is 151 Å². The number of amides is 1. The number of nitrogens with one attached hydrogen (secondary N) is 1. The highest BCUT2D eigenvalue weighted by Gasteiger charge is 2.27. The molecule has 1 N–H and O–H groups in total. The minimum atomic E-state index is -3.57. The molecule has 1 fully saturated rings. The summed E-state index contributed by atoms with van der Waals surface area (Å²) in [6.07, 6.45) is 5.26. The summed E-state index contributed by atoms with van der Waals surface area (Å²) in [4.78, 5) is 12.7. The third-order valence-electron chi connectivity index (χ3n) is 4.21. The normalized spacial score (nSPS) is 16.4. The van der Waals surface area contributed by atoms with Gasteiger partial charge < -0.3 is 5.32 Å². The van der Waals surface area contributed by atoms with Gasteiger partial charge in [-0.2, -0.15) is 4.31 Å². The van der Waals surface area contributed by atoms with Crippen LogP contribution < -0.4 is 5.32 Å². The van der Waals surface area contributed by atoms with Crippen LogP contribution in [0.2, 0.25) is 0 Å². The zero-order chi connectivity index (χ0) is 17.9. The number of nitrogens with zero attached hydrogens (tertiary/aromatic N) is 3. The SMILES string of the molecule is Cc1ccc(NC(=O)c2cnns2)cc1S(=O)(=O)N1CCCCCC1. The second-order valence-corrected chi connectivity index (χ2v) is 8.73. The average Bonchev–Trinajstić information content (AvgIpc) is 2.98. The molecule has 1 aromatic carbocycles. The largest absolute Gasteiger partial charge is 0.321 e. The molecule has 0 aliphatic carbocycles. The van der Waals surface area contributed by atoms with E-state index in [-0.39, 0.29) is 10.8 Å². The van der Waals surface area contributed by atoms with E-state index in [1.165, 1.54) is 12.3 Å². The molecule has 0 spiro atoms. The van der Waals surface area contributed by atoms with Gasteiger partial charge in [0.25, 0.3) is 5.91 Å². The van der Waals surface area contributed by atoms with Gasteiger partial charge in [-0.05, 0) is 49.0 Å². The number of carbonyl (C=O) groups excluding carboxylic acids is 1. The lowest BCUT2D eigenvalue weighted by atomic mass is 10.2. The van der Waals surface area contributed by atoms with Gasteiger partial charge in [0.05, 0.1) is 11.1 Å². The Bertz CT molecular complexity index is 842. The standard InChI is InChI=1S/C16H20N4O3S2/c1-12-6-7-13(18-16(21)14-11-17-19-24-14)10-15(12)25(22,23)20-8-4-2-3-5-9-20/h6-7,10-11H,2-5,8-9H2,1H3,(H,18,21). The third kappa shape index (κ3) is 4.05. The number of aryl methyl sites for hydroxylation is 1. The van der Waals surface area contributed by atoms with Gasteiger partial charge in [-0.15, -0.1) is 5.10 Å². The van der Waals surface area contributed by atoms with Crippen LogP contribution in [0.15, 0.2) is 29.3 Å². The van der Waals surface area contributed by atoms with E-state index in [2.05, 4.69) is 14.9 Å². The topological polar surface area (TPSA) is 92.3 Å². The molecule has 1 aliphatic heterocycles. The molecule has 0 bridgehead atoms. The maximum absolute atomic E-state index is 13.0. The van der Waals surface area contributed by atoms with E-state index in [1.54, 1.807) is 23.4 Å². The smallest absolute Gasteiger partial charge is 0.269 e. The molecule has 3 rings (SSSR count). The highest BCUT2D eigenvalue weighted by Crippen LogP contribution is 2.26. The van der Waals surface area contributed by atoms with Crippen LogP contribution in [0.25, 0.3) is 0 Å². The number of hydrogen-bond donors (Lipinski definition) is 1.